The van der Waals surface area contributed by atoms with E-state index < -0.39 is 11.5 Å². The molecule has 1 rings (SSSR count). The van der Waals surface area contributed by atoms with Gasteiger partial charge in [0.05, 0.1) is 0 Å². The number of hydrogen-bond donors (Lipinski definition) is 2. The topological polar surface area (TPSA) is 49.3 Å². The third-order valence-electron chi connectivity index (χ3n) is 2.25. The van der Waals surface area contributed by atoms with Gasteiger partial charge in [-0.05, 0) is 32.9 Å². The van der Waals surface area contributed by atoms with Crippen molar-refractivity contribution < 1.29 is 14.3 Å². The number of nitrogens with one attached hydrogen (secondary N) is 1. The van der Waals surface area contributed by atoms with Crippen molar-refractivity contribution in [1.29, 1.82) is 0 Å². The molecule has 3 nitrogen and oxygen atoms in total. The van der Waals surface area contributed by atoms with Gasteiger partial charge in [-0.25, -0.2) is 9.18 Å². The number of carboxylic acid groups (broad SMARTS) is 1. The monoisotopic (exact) mass is 211 g/mol. The van der Waals surface area contributed by atoms with Crippen molar-refractivity contribution in [3.63, 3.8) is 0 Å². The summed E-state index contributed by atoms with van der Waals surface area (Å²) in [6.45, 7) is 4.66. The second-order valence-corrected chi connectivity index (χ2v) is 3.97. The molecule has 0 bridgehead atoms. The maximum Gasteiger partial charge on any atom is 0.328 e. The average Bonchev–Trinajstić information content (AvgIpc) is 2.12. The molecule has 0 unspecified atom stereocenters. The summed E-state index contributed by atoms with van der Waals surface area (Å²) in [7, 11) is 0. The highest BCUT2D eigenvalue weighted by molar-refractivity contribution is 5.82. The molecular formula is C11H14FNO2. The van der Waals surface area contributed by atoms with E-state index >= 15 is 0 Å². The van der Waals surface area contributed by atoms with E-state index in [1.165, 1.54) is 19.9 Å². The van der Waals surface area contributed by atoms with Crippen LogP contribution in [0.25, 0.3) is 0 Å². The summed E-state index contributed by atoms with van der Waals surface area (Å²) < 4.78 is 13.2. The summed E-state index contributed by atoms with van der Waals surface area (Å²) in [5, 5.41) is 11.7. The maximum absolute atomic E-state index is 13.2. The quantitative estimate of drug-likeness (QED) is 0.807. The highest BCUT2D eigenvalue weighted by Crippen LogP contribution is 2.21. The first kappa shape index (κ1) is 11.5. The largest absolute Gasteiger partial charge is 0.480 e. The Morgan fingerprint density at radius 1 is 1.47 bits per heavy atom. The summed E-state index contributed by atoms with van der Waals surface area (Å²) in [5.74, 6) is -1.33. The van der Waals surface area contributed by atoms with Gasteiger partial charge in [0, 0.05) is 11.3 Å². The van der Waals surface area contributed by atoms with Crippen molar-refractivity contribution in [3.8, 4) is 0 Å². The van der Waals surface area contributed by atoms with Crippen LogP contribution in [0.3, 0.4) is 0 Å². The van der Waals surface area contributed by atoms with Crippen LogP contribution in [-0.4, -0.2) is 16.6 Å². The van der Waals surface area contributed by atoms with Crippen molar-refractivity contribution >= 4 is 11.7 Å². The molecule has 0 aliphatic rings. The third-order valence-corrected chi connectivity index (χ3v) is 2.25. The Hall–Kier alpha value is -1.58. The van der Waals surface area contributed by atoms with Crippen LogP contribution in [0.15, 0.2) is 18.2 Å². The van der Waals surface area contributed by atoms with Gasteiger partial charge in [-0.15, -0.1) is 0 Å². The number of aliphatic carboxylic acids is 1. The van der Waals surface area contributed by atoms with Gasteiger partial charge in [-0.2, -0.15) is 0 Å². The minimum Gasteiger partial charge on any atom is -0.480 e. The zero-order valence-electron chi connectivity index (χ0n) is 8.97. The first-order valence-corrected chi connectivity index (χ1v) is 4.61. The Labute approximate surface area is 87.9 Å². The molecule has 0 amide bonds. The van der Waals surface area contributed by atoms with Crippen LogP contribution in [0.1, 0.15) is 19.4 Å². The van der Waals surface area contributed by atoms with Gasteiger partial charge >= 0.3 is 5.97 Å². The third kappa shape index (κ3) is 2.46. The highest BCUT2D eigenvalue weighted by Gasteiger charge is 2.27. The predicted molar refractivity (Wildman–Crippen MR) is 56.5 cm³/mol. The zero-order chi connectivity index (χ0) is 11.6. The number of anilines is 1. The van der Waals surface area contributed by atoms with Crippen molar-refractivity contribution in [2.75, 3.05) is 5.32 Å². The second kappa shape index (κ2) is 3.88. The molecule has 0 atom stereocenters. The van der Waals surface area contributed by atoms with E-state index in [2.05, 4.69) is 5.32 Å². The lowest BCUT2D eigenvalue weighted by atomic mass is 10.0. The van der Waals surface area contributed by atoms with Crippen LogP contribution in [0, 0.1) is 12.7 Å². The van der Waals surface area contributed by atoms with Gasteiger partial charge in [0.25, 0.3) is 0 Å². The highest BCUT2D eigenvalue weighted by atomic mass is 19.1. The van der Waals surface area contributed by atoms with Gasteiger partial charge in [0.2, 0.25) is 0 Å². The summed E-state index contributed by atoms with van der Waals surface area (Å²) >= 11 is 0. The fraction of sp³-hybridized carbons (Fsp3) is 0.364. The molecule has 0 fully saturated rings. The lowest BCUT2D eigenvalue weighted by molar-refractivity contribution is -0.141. The van der Waals surface area contributed by atoms with Crippen LogP contribution in [0.2, 0.25) is 0 Å². The molecule has 0 saturated carbocycles. The fourth-order valence-corrected chi connectivity index (χ4v) is 1.13. The van der Waals surface area contributed by atoms with Crippen LogP contribution >= 0.6 is 0 Å². The lowest BCUT2D eigenvalue weighted by Crippen LogP contribution is -2.40. The molecular weight excluding hydrogens is 197 g/mol. The van der Waals surface area contributed by atoms with Crippen LogP contribution in [0.5, 0.6) is 0 Å². The Morgan fingerprint density at radius 2 is 2.07 bits per heavy atom. The Balaban J connectivity index is 3.00. The SMILES string of the molecule is Cc1c(F)cccc1NC(C)(C)C(=O)O. The maximum atomic E-state index is 13.2. The molecule has 0 aliphatic carbocycles. The molecule has 2 N–H and O–H groups in total. The van der Waals surface area contributed by atoms with Gasteiger partial charge in [-0.1, -0.05) is 6.07 Å². The number of benzene rings is 1. The lowest BCUT2D eigenvalue weighted by Gasteiger charge is -2.23. The van der Waals surface area contributed by atoms with E-state index in [9.17, 15) is 9.18 Å². The molecule has 15 heavy (non-hydrogen) atoms. The molecule has 82 valence electrons. The number of halogens is 1. The number of rotatable bonds is 3. The summed E-state index contributed by atoms with van der Waals surface area (Å²) in [5.41, 5.74) is -0.187. The van der Waals surface area contributed by atoms with E-state index in [0.717, 1.165) is 0 Å². The number of carbonyl (C=O) groups is 1. The molecule has 1 aromatic rings. The summed E-state index contributed by atoms with van der Waals surface area (Å²) in [4.78, 5) is 10.9. The van der Waals surface area contributed by atoms with Crippen molar-refractivity contribution in [2.45, 2.75) is 26.3 Å². The summed E-state index contributed by atoms with van der Waals surface area (Å²) in [6.07, 6.45) is 0. The van der Waals surface area contributed by atoms with E-state index in [0.29, 0.717) is 11.3 Å². The van der Waals surface area contributed by atoms with Crippen molar-refractivity contribution in [3.05, 3.63) is 29.6 Å². The van der Waals surface area contributed by atoms with Gasteiger partial charge in [0.15, 0.2) is 0 Å². The first-order valence-electron chi connectivity index (χ1n) is 4.61. The Kier molecular flexibility index (Phi) is 2.98. The van der Waals surface area contributed by atoms with Gasteiger partial charge in [0.1, 0.15) is 11.4 Å². The second-order valence-electron chi connectivity index (χ2n) is 3.97. The van der Waals surface area contributed by atoms with Crippen LogP contribution in [-0.2, 0) is 4.79 Å². The van der Waals surface area contributed by atoms with Crippen molar-refractivity contribution in [1.82, 2.24) is 0 Å². The fourth-order valence-electron chi connectivity index (χ4n) is 1.13. The standard InChI is InChI=1S/C11H14FNO2/c1-7-8(12)5-4-6-9(7)13-11(2,3)10(14)15/h4-6,13H,1-3H3,(H,14,15). The molecule has 0 aromatic heterocycles. The molecule has 0 radical (unpaired) electrons. The zero-order valence-corrected chi connectivity index (χ0v) is 8.97. The van der Waals surface area contributed by atoms with E-state index in [1.54, 1.807) is 19.1 Å². The van der Waals surface area contributed by atoms with Crippen LogP contribution < -0.4 is 5.32 Å². The van der Waals surface area contributed by atoms with Crippen LogP contribution in [0.4, 0.5) is 10.1 Å². The van der Waals surface area contributed by atoms with Crippen molar-refractivity contribution in [2.24, 2.45) is 0 Å². The Bertz CT molecular complexity index is 388. The minimum absolute atomic E-state index is 0.346. The van der Waals surface area contributed by atoms with E-state index in [-0.39, 0.29) is 5.82 Å². The first-order chi connectivity index (χ1) is 6.84. The average molecular weight is 211 g/mol. The smallest absolute Gasteiger partial charge is 0.328 e. The van der Waals surface area contributed by atoms with Gasteiger partial charge in [-0.3, -0.25) is 0 Å². The molecule has 0 saturated heterocycles. The predicted octanol–water partition coefficient (Wildman–Crippen LogP) is 2.41. The number of hydrogen-bond acceptors (Lipinski definition) is 2. The van der Waals surface area contributed by atoms with E-state index in [1.807, 2.05) is 0 Å². The van der Waals surface area contributed by atoms with E-state index in [4.69, 9.17) is 5.11 Å². The molecule has 1 aromatic carbocycles. The molecule has 0 spiro atoms. The normalized spacial score (nSPS) is 11.2. The summed E-state index contributed by atoms with van der Waals surface area (Å²) in [6, 6.07) is 4.54. The molecule has 4 heteroatoms. The van der Waals surface area contributed by atoms with Gasteiger partial charge < -0.3 is 10.4 Å². The molecule has 0 heterocycles. The Morgan fingerprint density at radius 3 is 2.60 bits per heavy atom. The molecule has 0 aliphatic heterocycles. The number of carboxylic acids is 1. The minimum atomic E-state index is -1.11.